The Balaban J connectivity index is 1.79. The first-order chi connectivity index (χ1) is 10.7. The van der Waals surface area contributed by atoms with Gasteiger partial charge in [-0.2, -0.15) is 0 Å². The molecule has 22 heavy (non-hydrogen) atoms. The van der Waals surface area contributed by atoms with Crippen molar-refractivity contribution in [3.8, 4) is 0 Å². The van der Waals surface area contributed by atoms with E-state index in [2.05, 4.69) is 25.5 Å². The summed E-state index contributed by atoms with van der Waals surface area (Å²) < 4.78 is 0. The Hall–Kier alpha value is -1.93. The molecule has 2 saturated heterocycles. The summed E-state index contributed by atoms with van der Waals surface area (Å²) in [5.74, 6) is 0.285. The fourth-order valence-electron chi connectivity index (χ4n) is 2.54. The summed E-state index contributed by atoms with van der Waals surface area (Å²) in [6.07, 6.45) is 5.54. The van der Waals surface area contributed by atoms with E-state index in [4.69, 9.17) is 0 Å². The van der Waals surface area contributed by atoms with E-state index in [1.54, 1.807) is 18.3 Å². The van der Waals surface area contributed by atoms with Crippen molar-refractivity contribution in [2.45, 2.75) is 18.9 Å². The molecule has 3 heterocycles. The molecule has 0 bridgehead atoms. The molecule has 2 amide bonds. The summed E-state index contributed by atoms with van der Waals surface area (Å²) in [6, 6.07) is 2.17. The maximum Gasteiger partial charge on any atom is 0.290 e. The first kappa shape index (κ1) is 15.0. The Morgan fingerprint density at radius 2 is 2.36 bits per heavy atom. The molecule has 0 saturated carbocycles. The van der Waals surface area contributed by atoms with Crippen LogP contribution in [0.2, 0.25) is 0 Å². The van der Waals surface area contributed by atoms with E-state index in [0.29, 0.717) is 22.6 Å². The fraction of sp³-hybridized carbons (Fsp3) is 0.429. The number of anilines is 1. The third-order valence-corrected chi connectivity index (χ3v) is 4.51. The standard InChI is InChI=1S/C14H17N5O2S/c1-15-10-3-2-6-19(8-10)13-16-5-4-9(17-13)7-11-12(20)18-14(21)22-11/h4-5,7,10,15H,2-3,6,8H2,1H3,(H,18,20,21). The van der Waals surface area contributed by atoms with E-state index in [1.807, 2.05) is 7.05 Å². The van der Waals surface area contributed by atoms with Crippen molar-refractivity contribution in [2.75, 3.05) is 25.0 Å². The summed E-state index contributed by atoms with van der Waals surface area (Å²) in [5.41, 5.74) is 0.629. The van der Waals surface area contributed by atoms with Crippen LogP contribution >= 0.6 is 11.8 Å². The molecule has 1 atom stereocenters. The summed E-state index contributed by atoms with van der Waals surface area (Å²) in [6.45, 7) is 1.79. The maximum absolute atomic E-state index is 11.6. The first-order valence-corrected chi connectivity index (χ1v) is 7.97. The van der Waals surface area contributed by atoms with Crippen LogP contribution in [0.25, 0.3) is 6.08 Å². The average molecular weight is 319 g/mol. The zero-order chi connectivity index (χ0) is 15.5. The summed E-state index contributed by atoms with van der Waals surface area (Å²) in [5, 5.41) is 5.17. The average Bonchev–Trinajstić information content (AvgIpc) is 2.85. The lowest BCUT2D eigenvalue weighted by molar-refractivity contribution is -0.115. The lowest BCUT2D eigenvalue weighted by atomic mass is 10.1. The van der Waals surface area contributed by atoms with Crippen LogP contribution in [0.4, 0.5) is 10.7 Å². The third kappa shape index (κ3) is 3.28. The van der Waals surface area contributed by atoms with Crippen molar-refractivity contribution in [1.29, 1.82) is 0 Å². The number of hydrogen-bond donors (Lipinski definition) is 2. The van der Waals surface area contributed by atoms with Crippen molar-refractivity contribution in [3.63, 3.8) is 0 Å². The molecule has 0 spiro atoms. The number of amides is 2. The van der Waals surface area contributed by atoms with E-state index < -0.39 is 0 Å². The van der Waals surface area contributed by atoms with E-state index >= 15 is 0 Å². The minimum Gasteiger partial charge on any atom is -0.339 e. The van der Waals surface area contributed by atoms with Crippen molar-refractivity contribution < 1.29 is 9.59 Å². The van der Waals surface area contributed by atoms with Gasteiger partial charge in [0.25, 0.3) is 11.1 Å². The van der Waals surface area contributed by atoms with Gasteiger partial charge in [-0.3, -0.25) is 14.9 Å². The van der Waals surface area contributed by atoms with Crippen LogP contribution in [0.3, 0.4) is 0 Å². The lowest BCUT2D eigenvalue weighted by Gasteiger charge is -2.32. The second-order valence-electron chi connectivity index (χ2n) is 5.21. The van der Waals surface area contributed by atoms with Gasteiger partial charge in [0.15, 0.2) is 0 Å². The molecular formula is C14H17N5O2S. The topological polar surface area (TPSA) is 87.2 Å². The van der Waals surface area contributed by atoms with Gasteiger partial charge in [-0.1, -0.05) is 0 Å². The Labute approximate surface area is 132 Å². The molecule has 1 aromatic rings. The highest BCUT2D eigenvalue weighted by molar-refractivity contribution is 8.18. The van der Waals surface area contributed by atoms with E-state index in [9.17, 15) is 9.59 Å². The maximum atomic E-state index is 11.6. The van der Waals surface area contributed by atoms with Crippen molar-refractivity contribution in [1.82, 2.24) is 20.6 Å². The second kappa shape index (κ2) is 6.45. The molecule has 2 aliphatic heterocycles. The highest BCUT2D eigenvalue weighted by atomic mass is 32.2. The lowest BCUT2D eigenvalue weighted by Crippen LogP contribution is -2.45. The van der Waals surface area contributed by atoms with Crippen molar-refractivity contribution in [3.05, 3.63) is 22.9 Å². The molecule has 2 fully saturated rings. The van der Waals surface area contributed by atoms with Gasteiger partial charge in [0.2, 0.25) is 5.95 Å². The molecule has 0 aromatic carbocycles. The molecule has 8 heteroatoms. The second-order valence-corrected chi connectivity index (χ2v) is 6.22. The predicted octanol–water partition coefficient (Wildman–Crippen LogP) is 0.989. The summed E-state index contributed by atoms with van der Waals surface area (Å²) in [7, 11) is 1.96. The number of carbonyl (C=O) groups is 2. The zero-order valence-electron chi connectivity index (χ0n) is 12.2. The smallest absolute Gasteiger partial charge is 0.290 e. The Bertz CT molecular complexity index is 633. The SMILES string of the molecule is CNC1CCCN(c2nccc(C=C3SC(=O)NC3=O)n2)C1. The monoisotopic (exact) mass is 319 g/mol. The number of imide groups is 1. The highest BCUT2D eigenvalue weighted by Crippen LogP contribution is 2.25. The van der Waals surface area contributed by atoms with Crippen molar-refractivity contribution >= 4 is 34.9 Å². The summed E-state index contributed by atoms with van der Waals surface area (Å²) >= 11 is 0.891. The molecule has 0 radical (unpaired) electrons. The summed E-state index contributed by atoms with van der Waals surface area (Å²) in [4.78, 5) is 34.1. The number of rotatable bonds is 3. The fourth-order valence-corrected chi connectivity index (χ4v) is 3.21. The molecule has 116 valence electrons. The molecule has 2 aliphatic rings. The van der Waals surface area contributed by atoms with Gasteiger partial charge < -0.3 is 10.2 Å². The van der Waals surface area contributed by atoms with E-state index in [0.717, 1.165) is 37.7 Å². The molecular weight excluding hydrogens is 302 g/mol. The number of thioether (sulfide) groups is 1. The number of nitrogens with one attached hydrogen (secondary N) is 2. The molecule has 0 aliphatic carbocycles. The number of aromatic nitrogens is 2. The normalized spacial score (nSPS) is 24.0. The number of carbonyl (C=O) groups excluding carboxylic acids is 2. The van der Waals surface area contributed by atoms with Gasteiger partial charge >= 0.3 is 0 Å². The van der Waals surface area contributed by atoms with Crippen LogP contribution in [-0.2, 0) is 4.79 Å². The van der Waals surface area contributed by atoms with Crippen LogP contribution in [0.15, 0.2) is 17.2 Å². The quantitative estimate of drug-likeness (QED) is 0.803. The molecule has 2 N–H and O–H groups in total. The largest absolute Gasteiger partial charge is 0.339 e. The van der Waals surface area contributed by atoms with Crippen LogP contribution < -0.4 is 15.5 Å². The minimum atomic E-state index is -0.372. The van der Waals surface area contributed by atoms with Gasteiger partial charge in [0.05, 0.1) is 10.6 Å². The number of piperidine rings is 1. The Kier molecular flexibility index (Phi) is 4.39. The van der Waals surface area contributed by atoms with Crippen LogP contribution in [0.1, 0.15) is 18.5 Å². The first-order valence-electron chi connectivity index (χ1n) is 7.16. The van der Waals surface area contributed by atoms with E-state index in [1.165, 1.54) is 0 Å². The molecule has 1 aromatic heterocycles. The van der Waals surface area contributed by atoms with Crippen LogP contribution in [0.5, 0.6) is 0 Å². The van der Waals surface area contributed by atoms with Crippen LogP contribution in [-0.4, -0.2) is 47.3 Å². The van der Waals surface area contributed by atoms with Crippen molar-refractivity contribution in [2.24, 2.45) is 0 Å². The molecule has 7 nitrogen and oxygen atoms in total. The predicted molar refractivity (Wildman–Crippen MR) is 85.4 cm³/mol. The number of nitrogens with zero attached hydrogens (tertiary/aromatic N) is 3. The zero-order valence-corrected chi connectivity index (χ0v) is 13.0. The third-order valence-electron chi connectivity index (χ3n) is 3.70. The highest BCUT2D eigenvalue weighted by Gasteiger charge is 2.25. The van der Waals surface area contributed by atoms with Crippen LogP contribution in [0, 0.1) is 0 Å². The van der Waals surface area contributed by atoms with Gasteiger partial charge in [-0.05, 0) is 43.8 Å². The van der Waals surface area contributed by atoms with Gasteiger partial charge in [0, 0.05) is 25.3 Å². The van der Waals surface area contributed by atoms with E-state index in [-0.39, 0.29) is 11.1 Å². The van der Waals surface area contributed by atoms with Gasteiger partial charge in [0.1, 0.15) is 0 Å². The van der Waals surface area contributed by atoms with Gasteiger partial charge in [-0.15, -0.1) is 0 Å². The Morgan fingerprint density at radius 1 is 1.50 bits per heavy atom. The molecule has 1 unspecified atom stereocenters. The number of hydrogen-bond acceptors (Lipinski definition) is 7. The minimum absolute atomic E-state index is 0.349. The molecule has 3 rings (SSSR count). The van der Waals surface area contributed by atoms with Gasteiger partial charge in [-0.25, -0.2) is 9.97 Å². The number of likely N-dealkylation sites (N-methyl/N-ethyl adjacent to an activating group) is 1. The Morgan fingerprint density at radius 3 is 3.09 bits per heavy atom.